The van der Waals surface area contributed by atoms with E-state index in [0.29, 0.717) is 0 Å². The van der Waals surface area contributed by atoms with Crippen molar-refractivity contribution >= 4 is 91.1 Å². The molecule has 0 fully saturated rings. The van der Waals surface area contributed by atoms with Gasteiger partial charge in [0.05, 0.1) is 22.7 Å². The van der Waals surface area contributed by atoms with Crippen molar-refractivity contribution < 1.29 is 0 Å². The summed E-state index contributed by atoms with van der Waals surface area (Å²) < 4.78 is 0. The van der Waals surface area contributed by atoms with Gasteiger partial charge in [-0.2, -0.15) is 0 Å². The maximum atomic E-state index is 2.52. The Balaban J connectivity index is 0.905. The molecular formula is C63H46N2. The fourth-order valence-electron chi connectivity index (χ4n) is 11.2. The van der Waals surface area contributed by atoms with Gasteiger partial charge in [-0.1, -0.05) is 190 Å². The van der Waals surface area contributed by atoms with Crippen LogP contribution in [0.25, 0.3) is 73.8 Å². The van der Waals surface area contributed by atoms with Crippen LogP contribution >= 0.6 is 0 Å². The number of allylic oxidation sites excluding steroid dienone is 5. The van der Waals surface area contributed by atoms with Crippen LogP contribution in [0.4, 0.5) is 28.4 Å². The van der Waals surface area contributed by atoms with Crippen LogP contribution in [0.3, 0.4) is 0 Å². The molecule has 0 radical (unpaired) electrons. The standard InChI is InChI=1S/C63H46N2/c1-63(2)56-37-41(28-35-51(56)52-36-34-47(39-57(52)63)64-58-23-11-3-15-42(58)30-31-43-16-4-12-24-59(43)64)27-29-46-38-54-50-21-9-10-22-53(50)62(40-55(54)49-20-8-7-19-48(46)49)65-60-25-13-5-17-44(60)32-33-45-18-6-14-26-61(45)65/h3-11,13-23,25-40H,12,24H2,1-2H3/b29-27+. The van der Waals surface area contributed by atoms with E-state index in [1.807, 2.05) is 0 Å². The van der Waals surface area contributed by atoms with E-state index in [1.54, 1.807) is 0 Å². The second kappa shape index (κ2) is 14.6. The van der Waals surface area contributed by atoms with Gasteiger partial charge < -0.3 is 9.80 Å². The summed E-state index contributed by atoms with van der Waals surface area (Å²) in [5.41, 5.74) is 20.0. The predicted molar refractivity (Wildman–Crippen MR) is 279 cm³/mol. The number of benzene rings is 9. The molecule has 308 valence electrons. The molecule has 4 aliphatic rings. The zero-order valence-electron chi connectivity index (χ0n) is 36.6. The van der Waals surface area contributed by atoms with Crippen LogP contribution < -0.4 is 9.80 Å². The number of hydrogen-bond acceptors (Lipinski definition) is 2. The quantitative estimate of drug-likeness (QED) is 0.129. The van der Waals surface area contributed by atoms with Crippen LogP contribution in [0.2, 0.25) is 0 Å². The van der Waals surface area contributed by atoms with Gasteiger partial charge in [-0.05, 0) is 138 Å². The number of anilines is 5. The minimum atomic E-state index is -0.172. The summed E-state index contributed by atoms with van der Waals surface area (Å²) in [6.45, 7) is 4.80. The molecule has 2 heterocycles. The minimum Gasteiger partial charge on any atom is -0.313 e. The fourth-order valence-corrected chi connectivity index (χ4v) is 11.2. The van der Waals surface area contributed by atoms with Crippen LogP contribution in [0.5, 0.6) is 0 Å². The van der Waals surface area contributed by atoms with Crippen LogP contribution in [0.1, 0.15) is 65.6 Å². The van der Waals surface area contributed by atoms with E-state index in [9.17, 15) is 0 Å². The van der Waals surface area contributed by atoms with Gasteiger partial charge in [0, 0.05) is 22.2 Å². The zero-order chi connectivity index (χ0) is 43.2. The fraction of sp³-hybridized carbons (Fsp3) is 0.0794. The molecule has 2 aliphatic heterocycles. The molecule has 0 saturated heterocycles. The lowest BCUT2D eigenvalue weighted by Crippen LogP contribution is -2.20. The highest BCUT2D eigenvalue weighted by Crippen LogP contribution is 2.52. The first-order chi connectivity index (χ1) is 32.0. The van der Waals surface area contributed by atoms with E-state index in [2.05, 4.69) is 242 Å². The first kappa shape index (κ1) is 37.6. The third-order valence-corrected chi connectivity index (χ3v) is 14.4. The summed E-state index contributed by atoms with van der Waals surface area (Å²) in [7, 11) is 0. The van der Waals surface area contributed by atoms with Crippen molar-refractivity contribution in [2.45, 2.75) is 32.1 Å². The second-order valence-corrected chi connectivity index (χ2v) is 18.4. The van der Waals surface area contributed by atoms with Crippen molar-refractivity contribution in [2.75, 3.05) is 9.80 Å². The van der Waals surface area contributed by atoms with E-state index >= 15 is 0 Å². The largest absolute Gasteiger partial charge is 0.313 e. The molecular weight excluding hydrogens is 785 g/mol. The first-order valence-corrected chi connectivity index (χ1v) is 23.0. The molecule has 9 aromatic rings. The molecule has 65 heavy (non-hydrogen) atoms. The average Bonchev–Trinajstić information content (AvgIpc) is 3.48. The average molecular weight is 831 g/mol. The van der Waals surface area contributed by atoms with Crippen molar-refractivity contribution in [1.29, 1.82) is 0 Å². The van der Waals surface area contributed by atoms with E-state index < -0.39 is 0 Å². The third kappa shape index (κ3) is 5.87. The van der Waals surface area contributed by atoms with Crippen LogP contribution in [0.15, 0.2) is 199 Å². The van der Waals surface area contributed by atoms with Crippen molar-refractivity contribution in [3.05, 3.63) is 238 Å². The van der Waals surface area contributed by atoms with Crippen molar-refractivity contribution in [2.24, 2.45) is 0 Å². The number of fused-ring (bicyclic) bond motifs is 11. The summed E-state index contributed by atoms with van der Waals surface area (Å²) >= 11 is 0. The summed E-state index contributed by atoms with van der Waals surface area (Å²) in [5.74, 6) is 0. The molecule has 13 rings (SSSR count). The highest BCUT2D eigenvalue weighted by molar-refractivity contribution is 6.23. The normalized spacial score (nSPS) is 15.5. The molecule has 0 atom stereocenters. The molecule has 0 saturated carbocycles. The summed E-state index contributed by atoms with van der Waals surface area (Å²) in [6, 6.07) is 63.3. The van der Waals surface area contributed by atoms with Gasteiger partial charge in [-0.3, -0.25) is 0 Å². The van der Waals surface area contributed by atoms with Gasteiger partial charge in [0.1, 0.15) is 0 Å². The smallest absolute Gasteiger partial charge is 0.0547 e. The molecule has 0 bridgehead atoms. The van der Waals surface area contributed by atoms with Crippen molar-refractivity contribution in [1.82, 2.24) is 0 Å². The first-order valence-electron chi connectivity index (χ1n) is 23.0. The summed E-state index contributed by atoms with van der Waals surface area (Å²) in [4.78, 5) is 4.99. The lowest BCUT2D eigenvalue weighted by Gasteiger charge is -2.32. The van der Waals surface area contributed by atoms with Gasteiger partial charge in [-0.25, -0.2) is 0 Å². The number of para-hydroxylation sites is 3. The van der Waals surface area contributed by atoms with E-state index in [4.69, 9.17) is 0 Å². The maximum Gasteiger partial charge on any atom is 0.0547 e. The van der Waals surface area contributed by atoms with Crippen LogP contribution in [0, 0.1) is 0 Å². The van der Waals surface area contributed by atoms with Gasteiger partial charge in [-0.15, -0.1) is 0 Å². The highest BCUT2D eigenvalue weighted by atomic mass is 15.2. The van der Waals surface area contributed by atoms with Crippen LogP contribution in [-0.2, 0) is 5.41 Å². The molecule has 0 aromatic heterocycles. The number of hydrogen-bond donors (Lipinski definition) is 0. The van der Waals surface area contributed by atoms with Crippen molar-refractivity contribution in [3.8, 4) is 11.1 Å². The Morgan fingerprint density at radius 3 is 1.69 bits per heavy atom. The molecule has 9 aromatic carbocycles. The summed E-state index contributed by atoms with van der Waals surface area (Å²) in [5, 5.41) is 7.48. The Labute approximate surface area is 380 Å². The monoisotopic (exact) mass is 830 g/mol. The van der Waals surface area contributed by atoms with Gasteiger partial charge in [0.25, 0.3) is 0 Å². The van der Waals surface area contributed by atoms with E-state index in [0.717, 1.165) is 12.8 Å². The maximum absolute atomic E-state index is 2.52. The predicted octanol–water partition coefficient (Wildman–Crippen LogP) is 17.3. The molecule has 2 nitrogen and oxygen atoms in total. The Kier molecular flexibility index (Phi) is 8.42. The molecule has 2 aliphatic carbocycles. The molecule has 0 unspecified atom stereocenters. The second-order valence-electron chi connectivity index (χ2n) is 18.4. The minimum absolute atomic E-state index is 0.172. The zero-order valence-corrected chi connectivity index (χ0v) is 36.6. The van der Waals surface area contributed by atoms with Gasteiger partial charge in [0.2, 0.25) is 0 Å². The Morgan fingerprint density at radius 2 is 0.985 bits per heavy atom. The topological polar surface area (TPSA) is 6.48 Å². The van der Waals surface area contributed by atoms with Crippen molar-refractivity contribution in [3.63, 3.8) is 0 Å². The lowest BCUT2D eigenvalue weighted by molar-refractivity contribution is 0.660. The molecule has 0 spiro atoms. The number of nitrogens with zero attached hydrogens (tertiary/aromatic N) is 2. The molecule has 2 heteroatoms. The molecule has 0 N–H and O–H groups in total. The highest BCUT2D eigenvalue weighted by Gasteiger charge is 2.37. The van der Waals surface area contributed by atoms with Gasteiger partial charge in [0.15, 0.2) is 0 Å². The Bertz CT molecular complexity index is 3600. The van der Waals surface area contributed by atoms with Gasteiger partial charge >= 0.3 is 0 Å². The SMILES string of the molecule is CC1(C)c2cc(/C=C/c3cc4c5ccccc5c(N5c6ccccc6C=Cc6ccccc65)cc4c4ccccc34)ccc2-c2ccc(N3C4=C(C=CCC4)C=Cc4ccccc43)cc21. The van der Waals surface area contributed by atoms with Crippen LogP contribution in [-0.4, -0.2) is 0 Å². The number of rotatable bonds is 4. The lowest BCUT2D eigenvalue weighted by atomic mass is 9.81. The Hall–Kier alpha value is -7.94. The summed E-state index contributed by atoms with van der Waals surface area (Å²) in [6.07, 6.45) is 20.4. The Morgan fingerprint density at radius 1 is 0.431 bits per heavy atom. The van der Waals surface area contributed by atoms with E-state index in [-0.39, 0.29) is 5.41 Å². The third-order valence-electron chi connectivity index (χ3n) is 14.4. The molecule has 0 amide bonds. The van der Waals surface area contributed by atoms with E-state index in [1.165, 1.54) is 122 Å².